The Morgan fingerprint density at radius 2 is 2.43 bits per heavy atom. The summed E-state index contributed by atoms with van der Waals surface area (Å²) < 4.78 is 1.96. The van der Waals surface area contributed by atoms with Crippen LogP contribution in [0.1, 0.15) is 19.8 Å². The molecule has 2 heterocycles. The molecule has 6 heteroatoms. The normalized spacial score (nSPS) is 17.6. The van der Waals surface area contributed by atoms with E-state index < -0.39 is 11.5 Å². The van der Waals surface area contributed by atoms with E-state index in [4.69, 9.17) is 0 Å². The summed E-state index contributed by atoms with van der Waals surface area (Å²) in [6.45, 7) is 3.01. The third kappa shape index (κ3) is 2.61. The van der Waals surface area contributed by atoms with E-state index in [2.05, 4.69) is 10.3 Å². The first kappa shape index (κ1) is 14.3. The number of aromatic nitrogens is 2. The maximum atomic E-state index is 11.9. The quantitative estimate of drug-likeness (QED) is 0.824. The zero-order valence-electron chi connectivity index (χ0n) is 12.0. The summed E-state index contributed by atoms with van der Waals surface area (Å²) >= 11 is 1.62. The second kappa shape index (κ2) is 5.61. The average Bonchev–Trinajstić information content (AvgIpc) is 2.99. The van der Waals surface area contributed by atoms with Crippen molar-refractivity contribution in [3.8, 4) is 10.7 Å². The SMILES string of the molecule is CCNC(Cn1ccnc1-c1cccs1)(C(=O)O)C1CC1. The Morgan fingerprint density at radius 3 is 3.00 bits per heavy atom. The molecule has 2 aromatic rings. The molecule has 21 heavy (non-hydrogen) atoms. The van der Waals surface area contributed by atoms with E-state index in [9.17, 15) is 9.90 Å². The summed E-state index contributed by atoms with van der Waals surface area (Å²) in [4.78, 5) is 17.4. The fraction of sp³-hybridized carbons (Fsp3) is 0.467. The highest BCUT2D eigenvalue weighted by atomic mass is 32.1. The summed E-state index contributed by atoms with van der Waals surface area (Å²) in [5.41, 5.74) is -0.887. The molecule has 0 amide bonds. The number of nitrogens with zero attached hydrogens (tertiary/aromatic N) is 2. The number of imidazole rings is 1. The Kier molecular flexibility index (Phi) is 3.82. The smallest absolute Gasteiger partial charge is 0.326 e. The van der Waals surface area contributed by atoms with Crippen LogP contribution in [0.5, 0.6) is 0 Å². The van der Waals surface area contributed by atoms with E-state index in [0.29, 0.717) is 13.1 Å². The highest BCUT2D eigenvalue weighted by molar-refractivity contribution is 7.13. The molecular weight excluding hydrogens is 286 g/mol. The van der Waals surface area contributed by atoms with Crippen LogP contribution in [-0.2, 0) is 11.3 Å². The first-order chi connectivity index (χ1) is 10.2. The van der Waals surface area contributed by atoms with Crippen LogP contribution >= 0.6 is 11.3 Å². The molecule has 2 aromatic heterocycles. The van der Waals surface area contributed by atoms with Gasteiger partial charge in [-0.3, -0.25) is 4.79 Å². The summed E-state index contributed by atoms with van der Waals surface area (Å²) in [7, 11) is 0. The highest BCUT2D eigenvalue weighted by Crippen LogP contribution is 2.41. The molecule has 1 aliphatic carbocycles. The minimum atomic E-state index is -0.887. The lowest BCUT2D eigenvalue weighted by Crippen LogP contribution is -2.57. The van der Waals surface area contributed by atoms with Crippen molar-refractivity contribution in [1.29, 1.82) is 0 Å². The number of carboxylic acid groups (broad SMARTS) is 1. The zero-order chi connectivity index (χ0) is 14.9. The summed E-state index contributed by atoms with van der Waals surface area (Å²) in [5, 5.41) is 15.0. The van der Waals surface area contributed by atoms with Crippen molar-refractivity contribution in [2.24, 2.45) is 5.92 Å². The molecule has 0 saturated heterocycles. The van der Waals surface area contributed by atoms with Gasteiger partial charge in [-0.05, 0) is 36.8 Å². The molecule has 0 bridgehead atoms. The number of carboxylic acids is 1. The Bertz CT molecular complexity index is 619. The van der Waals surface area contributed by atoms with Crippen molar-refractivity contribution in [3.63, 3.8) is 0 Å². The van der Waals surface area contributed by atoms with Gasteiger partial charge in [-0.1, -0.05) is 13.0 Å². The average molecular weight is 305 g/mol. The molecule has 2 N–H and O–H groups in total. The van der Waals surface area contributed by atoms with Crippen LogP contribution in [0.4, 0.5) is 0 Å². The number of nitrogens with one attached hydrogen (secondary N) is 1. The largest absolute Gasteiger partial charge is 0.480 e. The van der Waals surface area contributed by atoms with Gasteiger partial charge in [0.1, 0.15) is 11.4 Å². The number of likely N-dealkylation sites (N-methyl/N-ethyl adjacent to an activating group) is 1. The fourth-order valence-corrected chi connectivity index (χ4v) is 3.61. The summed E-state index contributed by atoms with van der Waals surface area (Å²) in [6, 6.07) is 3.99. The first-order valence-electron chi connectivity index (χ1n) is 7.21. The second-order valence-electron chi connectivity index (χ2n) is 5.44. The van der Waals surface area contributed by atoms with Gasteiger partial charge in [0.25, 0.3) is 0 Å². The maximum absolute atomic E-state index is 11.9. The number of rotatable bonds is 7. The van der Waals surface area contributed by atoms with Gasteiger partial charge in [-0.25, -0.2) is 4.98 Å². The maximum Gasteiger partial charge on any atom is 0.326 e. The van der Waals surface area contributed by atoms with Crippen LogP contribution < -0.4 is 5.32 Å². The van der Waals surface area contributed by atoms with Gasteiger partial charge in [0.2, 0.25) is 0 Å². The van der Waals surface area contributed by atoms with E-state index in [0.717, 1.165) is 23.5 Å². The molecule has 3 rings (SSSR count). The Hall–Kier alpha value is -1.66. The topological polar surface area (TPSA) is 67.2 Å². The van der Waals surface area contributed by atoms with Gasteiger partial charge < -0.3 is 15.0 Å². The lowest BCUT2D eigenvalue weighted by Gasteiger charge is -2.31. The lowest BCUT2D eigenvalue weighted by molar-refractivity contribution is -0.146. The van der Waals surface area contributed by atoms with Crippen LogP contribution in [0.2, 0.25) is 0 Å². The van der Waals surface area contributed by atoms with Crippen LogP contribution in [0, 0.1) is 5.92 Å². The van der Waals surface area contributed by atoms with Crippen molar-refractivity contribution in [3.05, 3.63) is 29.9 Å². The van der Waals surface area contributed by atoms with Crippen molar-refractivity contribution in [2.75, 3.05) is 6.54 Å². The van der Waals surface area contributed by atoms with Gasteiger partial charge in [0.05, 0.1) is 11.4 Å². The monoisotopic (exact) mass is 305 g/mol. The van der Waals surface area contributed by atoms with E-state index in [1.165, 1.54) is 0 Å². The first-order valence-corrected chi connectivity index (χ1v) is 8.09. The molecule has 0 spiro atoms. The van der Waals surface area contributed by atoms with Crippen LogP contribution in [0.15, 0.2) is 29.9 Å². The minimum absolute atomic E-state index is 0.202. The van der Waals surface area contributed by atoms with Crippen molar-refractivity contribution < 1.29 is 9.90 Å². The van der Waals surface area contributed by atoms with Crippen molar-refractivity contribution >= 4 is 17.3 Å². The van der Waals surface area contributed by atoms with E-state index in [1.807, 2.05) is 35.2 Å². The van der Waals surface area contributed by atoms with E-state index in [-0.39, 0.29) is 5.92 Å². The minimum Gasteiger partial charge on any atom is -0.480 e. The molecular formula is C15H19N3O2S. The molecule has 1 aliphatic rings. The molecule has 0 aliphatic heterocycles. The number of aliphatic carboxylic acids is 1. The number of carbonyl (C=O) groups is 1. The molecule has 1 saturated carbocycles. The third-order valence-corrected chi connectivity index (χ3v) is 4.89. The predicted molar refractivity (Wildman–Crippen MR) is 82.3 cm³/mol. The Balaban J connectivity index is 1.94. The predicted octanol–water partition coefficient (Wildman–Crippen LogP) is 2.45. The number of thiophene rings is 1. The fourth-order valence-electron chi connectivity index (χ4n) is 2.88. The molecule has 0 aromatic carbocycles. The van der Waals surface area contributed by atoms with Crippen molar-refractivity contribution in [1.82, 2.24) is 14.9 Å². The summed E-state index contributed by atoms with van der Waals surface area (Å²) in [5.74, 6) is 0.278. The molecule has 5 nitrogen and oxygen atoms in total. The molecule has 1 unspecified atom stereocenters. The van der Waals surface area contributed by atoms with Crippen LogP contribution in [0.25, 0.3) is 10.7 Å². The molecule has 1 atom stereocenters. The molecule has 112 valence electrons. The van der Waals surface area contributed by atoms with Crippen LogP contribution in [0.3, 0.4) is 0 Å². The standard InChI is InChI=1S/C15H19N3O2S/c1-2-17-15(14(19)20,11-5-6-11)10-18-8-7-16-13(18)12-4-3-9-21-12/h3-4,7-9,11,17H,2,5-6,10H2,1H3,(H,19,20). The third-order valence-electron chi connectivity index (χ3n) is 4.02. The van der Waals surface area contributed by atoms with Gasteiger partial charge >= 0.3 is 5.97 Å². The summed E-state index contributed by atoms with van der Waals surface area (Å²) in [6.07, 6.45) is 5.55. The number of hydrogen-bond acceptors (Lipinski definition) is 4. The molecule has 0 radical (unpaired) electrons. The van der Waals surface area contributed by atoms with Crippen molar-refractivity contribution in [2.45, 2.75) is 31.8 Å². The number of hydrogen-bond donors (Lipinski definition) is 2. The Morgan fingerprint density at radius 1 is 1.62 bits per heavy atom. The zero-order valence-corrected chi connectivity index (χ0v) is 12.8. The highest BCUT2D eigenvalue weighted by Gasteiger charge is 2.51. The van der Waals surface area contributed by atoms with Gasteiger partial charge in [0, 0.05) is 12.4 Å². The second-order valence-corrected chi connectivity index (χ2v) is 6.38. The van der Waals surface area contributed by atoms with Gasteiger partial charge in [-0.15, -0.1) is 11.3 Å². The Labute approximate surface area is 127 Å². The van der Waals surface area contributed by atoms with E-state index in [1.54, 1.807) is 17.5 Å². The van der Waals surface area contributed by atoms with Gasteiger partial charge in [-0.2, -0.15) is 0 Å². The van der Waals surface area contributed by atoms with E-state index >= 15 is 0 Å². The van der Waals surface area contributed by atoms with Gasteiger partial charge in [0.15, 0.2) is 0 Å². The molecule has 1 fully saturated rings. The van der Waals surface area contributed by atoms with Crippen LogP contribution in [-0.4, -0.2) is 32.7 Å². The lowest BCUT2D eigenvalue weighted by atomic mass is 9.92.